The van der Waals surface area contributed by atoms with E-state index in [2.05, 4.69) is 0 Å². The largest absolute Gasteiger partial charge is 0.282 e. The number of nitrogens with zero attached hydrogens (tertiary/aromatic N) is 3. The molecular weight excluding hydrogens is 178 g/mol. The topological polar surface area (TPSA) is 64.4 Å². The Morgan fingerprint density at radius 1 is 1.33 bits per heavy atom. The number of nitriles is 1. The summed E-state index contributed by atoms with van der Waals surface area (Å²) in [6.07, 6.45) is 0. The van der Waals surface area contributed by atoms with Crippen LogP contribution >= 0.6 is 0 Å². The number of hydrogen-bond donors (Lipinski definition) is 0. The minimum absolute atomic E-state index is 0.641. The minimum atomic E-state index is -3.44. The molecule has 12 heavy (non-hydrogen) atoms. The van der Waals surface area contributed by atoms with Crippen molar-refractivity contribution in [2.24, 2.45) is 0 Å². The van der Waals surface area contributed by atoms with Crippen molar-refractivity contribution in [3.05, 3.63) is 0 Å². The van der Waals surface area contributed by atoms with Gasteiger partial charge in [0.25, 0.3) is 10.2 Å². The van der Waals surface area contributed by atoms with Crippen LogP contribution in [0.3, 0.4) is 0 Å². The first-order valence-electron chi connectivity index (χ1n) is 3.39. The van der Waals surface area contributed by atoms with Gasteiger partial charge in [-0.15, -0.1) is 0 Å². The van der Waals surface area contributed by atoms with Gasteiger partial charge in [0.05, 0.1) is 6.07 Å². The molecule has 0 aromatic carbocycles. The van der Waals surface area contributed by atoms with Crippen LogP contribution in [-0.2, 0) is 10.2 Å². The zero-order chi connectivity index (χ0) is 9.94. The van der Waals surface area contributed by atoms with Gasteiger partial charge < -0.3 is 0 Å². The van der Waals surface area contributed by atoms with E-state index in [4.69, 9.17) is 5.26 Å². The monoisotopic (exact) mass is 191 g/mol. The average molecular weight is 191 g/mol. The first kappa shape index (κ1) is 11.4. The van der Waals surface area contributed by atoms with Crippen molar-refractivity contribution in [1.82, 2.24) is 8.61 Å². The zero-order valence-electron chi connectivity index (χ0n) is 7.64. The Balaban J connectivity index is 4.73. The fourth-order valence-electron chi connectivity index (χ4n) is 0.539. The van der Waals surface area contributed by atoms with E-state index in [1.165, 1.54) is 28.1 Å². The van der Waals surface area contributed by atoms with Crippen LogP contribution < -0.4 is 0 Å². The third kappa shape index (κ3) is 2.17. The summed E-state index contributed by atoms with van der Waals surface area (Å²) in [6, 6.07) is 1.20. The second-order valence-corrected chi connectivity index (χ2v) is 4.81. The summed E-state index contributed by atoms with van der Waals surface area (Å²) < 4.78 is 24.8. The predicted molar refractivity (Wildman–Crippen MR) is 45.4 cm³/mol. The first-order chi connectivity index (χ1) is 5.34. The van der Waals surface area contributed by atoms with Gasteiger partial charge in [0.2, 0.25) is 0 Å². The van der Waals surface area contributed by atoms with Crippen molar-refractivity contribution in [3.63, 3.8) is 0 Å². The van der Waals surface area contributed by atoms with E-state index in [-0.39, 0.29) is 0 Å². The lowest BCUT2D eigenvalue weighted by Crippen LogP contribution is -2.41. The summed E-state index contributed by atoms with van der Waals surface area (Å²) in [4.78, 5) is 0. The van der Waals surface area contributed by atoms with Crippen LogP contribution in [0.25, 0.3) is 0 Å². The summed E-state index contributed by atoms with van der Waals surface area (Å²) >= 11 is 0. The lowest BCUT2D eigenvalue weighted by Gasteiger charge is -2.22. The molecule has 70 valence electrons. The molecule has 0 radical (unpaired) electrons. The van der Waals surface area contributed by atoms with Crippen molar-refractivity contribution < 1.29 is 8.42 Å². The van der Waals surface area contributed by atoms with Crippen LogP contribution in [0, 0.1) is 11.3 Å². The van der Waals surface area contributed by atoms with Crippen LogP contribution in [0.5, 0.6) is 0 Å². The molecule has 0 aromatic rings. The lowest BCUT2D eigenvalue weighted by molar-refractivity contribution is 0.397. The summed E-state index contributed by atoms with van der Waals surface area (Å²) in [5.41, 5.74) is 0. The molecule has 0 aliphatic carbocycles. The van der Waals surface area contributed by atoms with Crippen LogP contribution in [0.4, 0.5) is 0 Å². The van der Waals surface area contributed by atoms with Gasteiger partial charge in [-0.25, -0.2) is 0 Å². The highest BCUT2D eigenvalue weighted by atomic mass is 32.2. The van der Waals surface area contributed by atoms with Crippen LogP contribution in [-0.4, -0.2) is 44.2 Å². The van der Waals surface area contributed by atoms with Crippen molar-refractivity contribution in [1.29, 1.82) is 5.26 Å². The summed E-state index contributed by atoms with van der Waals surface area (Å²) in [6.45, 7) is 1.53. The average Bonchev–Trinajstić information content (AvgIpc) is 2.01. The van der Waals surface area contributed by atoms with Gasteiger partial charge >= 0.3 is 0 Å². The van der Waals surface area contributed by atoms with E-state index in [0.29, 0.717) is 0 Å². The summed E-state index contributed by atoms with van der Waals surface area (Å²) in [5, 5.41) is 8.48. The fraction of sp³-hybridized carbons (Fsp3) is 0.833. The van der Waals surface area contributed by atoms with Gasteiger partial charge in [-0.1, -0.05) is 0 Å². The molecule has 0 aliphatic rings. The molecule has 0 bridgehead atoms. The second kappa shape index (κ2) is 3.85. The molecule has 1 atom stereocenters. The Morgan fingerprint density at radius 3 is 2.00 bits per heavy atom. The maximum absolute atomic E-state index is 11.3. The molecular formula is C6H13N3O2S. The van der Waals surface area contributed by atoms with Crippen LogP contribution in [0.1, 0.15) is 6.92 Å². The molecule has 0 heterocycles. The molecule has 0 spiro atoms. The smallest absolute Gasteiger partial charge is 0.197 e. The Labute approximate surface area is 73.4 Å². The molecule has 0 amide bonds. The van der Waals surface area contributed by atoms with Gasteiger partial charge in [0.1, 0.15) is 6.04 Å². The van der Waals surface area contributed by atoms with E-state index in [1.807, 2.05) is 6.07 Å². The highest BCUT2D eigenvalue weighted by Crippen LogP contribution is 2.05. The third-order valence-corrected chi connectivity index (χ3v) is 3.52. The van der Waals surface area contributed by atoms with Gasteiger partial charge in [-0.05, 0) is 6.92 Å². The second-order valence-electron chi connectivity index (χ2n) is 2.61. The molecule has 6 heteroatoms. The van der Waals surface area contributed by atoms with Gasteiger partial charge in [0.15, 0.2) is 0 Å². The normalized spacial score (nSPS) is 14.8. The van der Waals surface area contributed by atoms with Crippen LogP contribution in [0.2, 0.25) is 0 Å². The Bertz CT molecular complexity index is 278. The molecule has 0 N–H and O–H groups in total. The molecule has 5 nitrogen and oxygen atoms in total. The van der Waals surface area contributed by atoms with Crippen molar-refractivity contribution >= 4 is 10.2 Å². The molecule has 0 saturated heterocycles. The Kier molecular flexibility index (Phi) is 3.64. The maximum atomic E-state index is 11.3. The Hall–Kier alpha value is -0.640. The highest BCUT2D eigenvalue weighted by molar-refractivity contribution is 7.86. The van der Waals surface area contributed by atoms with E-state index < -0.39 is 16.3 Å². The molecule has 1 unspecified atom stereocenters. The molecule has 0 aliphatic heterocycles. The number of rotatable bonds is 3. The molecule has 0 aromatic heterocycles. The SMILES string of the molecule is CC(C#N)N(C)S(=O)(=O)N(C)C. The van der Waals surface area contributed by atoms with Crippen molar-refractivity contribution in [2.45, 2.75) is 13.0 Å². The van der Waals surface area contributed by atoms with Crippen molar-refractivity contribution in [3.8, 4) is 6.07 Å². The van der Waals surface area contributed by atoms with Gasteiger partial charge in [-0.2, -0.15) is 22.3 Å². The minimum Gasteiger partial charge on any atom is -0.197 e. The first-order valence-corrected chi connectivity index (χ1v) is 4.78. The molecule has 0 fully saturated rings. The van der Waals surface area contributed by atoms with E-state index in [1.54, 1.807) is 0 Å². The quantitative estimate of drug-likeness (QED) is 0.611. The van der Waals surface area contributed by atoms with E-state index >= 15 is 0 Å². The van der Waals surface area contributed by atoms with Gasteiger partial charge in [-0.3, -0.25) is 0 Å². The molecule has 0 rings (SSSR count). The predicted octanol–water partition coefficient (Wildman–Crippen LogP) is -0.363. The fourth-order valence-corrected chi connectivity index (χ4v) is 1.50. The van der Waals surface area contributed by atoms with Crippen LogP contribution in [0.15, 0.2) is 0 Å². The van der Waals surface area contributed by atoms with E-state index in [9.17, 15) is 8.42 Å². The third-order valence-electron chi connectivity index (χ3n) is 1.56. The molecule has 0 saturated carbocycles. The lowest BCUT2D eigenvalue weighted by atomic mass is 10.4. The summed E-state index contributed by atoms with van der Waals surface area (Å²) in [5.74, 6) is 0. The maximum Gasteiger partial charge on any atom is 0.282 e. The summed E-state index contributed by atoms with van der Waals surface area (Å²) in [7, 11) is 0.787. The number of hydrogen-bond acceptors (Lipinski definition) is 3. The zero-order valence-corrected chi connectivity index (χ0v) is 8.46. The van der Waals surface area contributed by atoms with Crippen molar-refractivity contribution in [2.75, 3.05) is 21.1 Å². The van der Waals surface area contributed by atoms with Gasteiger partial charge in [0, 0.05) is 21.1 Å². The standard InChI is InChI=1S/C6H13N3O2S/c1-6(5-7)9(4)12(10,11)8(2)3/h6H,1-4H3. The Morgan fingerprint density at radius 2 is 1.75 bits per heavy atom. The highest BCUT2D eigenvalue weighted by Gasteiger charge is 2.24. The van der Waals surface area contributed by atoms with E-state index in [0.717, 1.165) is 8.61 Å².